The first kappa shape index (κ1) is 26.8. The summed E-state index contributed by atoms with van der Waals surface area (Å²) < 4.78 is 76.9. The van der Waals surface area contributed by atoms with Crippen LogP contribution in [0.5, 0.6) is 11.5 Å². The number of halogens is 4. The van der Waals surface area contributed by atoms with E-state index in [0.717, 1.165) is 12.1 Å². The quantitative estimate of drug-likeness (QED) is 0.287. The Balaban J connectivity index is 1.94. The number of amides is 1. The Morgan fingerprint density at radius 3 is 2.56 bits per heavy atom. The topological polar surface area (TPSA) is 114 Å². The fraction of sp³-hybridized carbons (Fsp3) is 0.273. The minimum absolute atomic E-state index is 0.142. The van der Waals surface area contributed by atoms with Gasteiger partial charge < -0.3 is 24.8 Å². The van der Waals surface area contributed by atoms with E-state index in [4.69, 9.17) is 9.47 Å². The van der Waals surface area contributed by atoms with E-state index in [1.54, 1.807) is 17.4 Å². The molecular weight excluding hydrogens is 506 g/mol. The summed E-state index contributed by atoms with van der Waals surface area (Å²) in [4.78, 5) is 20.4. The molecule has 1 amide bonds. The number of carbonyl (C=O) groups is 1. The number of carbonyl (C=O) groups excluding carboxylic acids is 1. The van der Waals surface area contributed by atoms with Crippen LogP contribution in [-0.4, -0.2) is 58.1 Å². The number of anilines is 3. The predicted molar refractivity (Wildman–Crippen MR) is 130 cm³/mol. The van der Waals surface area contributed by atoms with Crippen LogP contribution in [0.25, 0.3) is 10.9 Å². The van der Waals surface area contributed by atoms with E-state index in [2.05, 4.69) is 25.9 Å². The van der Waals surface area contributed by atoms with E-state index < -0.39 is 40.3 Å². The lowest BCUT2D eigenvalue weighted by Gasteiger charge is -2.19. The number of rotatable bonds is 9. The van der Waals surface area contributed by atoms with Crippen LogP contribution in [0.3, 0.4) is 0 Å². The molecule has 2 unspecified atom stereocenters. The second-order valence-corrected chi connectivity index (χ2v) is 9.97. The molecule has 1 aromatic heterocycles. The van der Waals surface area contributed by atoms with Crippen LogP contribution in [0.1, 0.15) is 6.92 Å². The number of nitrogens with one attached hydrogen (secondary N) is 3. The van der Waals surface area contributed by atoms with E-state index in [9.17, 15) is 26.6 Å². The predicted octanol–water partition coefficient (Wildman–Crippen LogP) is 3.64. The van der Waals surface area contributed by atoms with Crippen molar-refractivity contribution in [1.29, 1.82) is 0 Å². The van der Waals surface area contributed by atoms with Crippen molar-refractivity contribution in [1.82, 2.24) is 15.3 Å². The van der Waals surface area contributed by atoms with E-state index in [-0.39, 0.29) is 17.3 Å². The van der Waals surface area contributed by atoms with Crippen molar-refractivity contribution in [2.24, 2.45) is 0 Å². The highest BCUT2D eigenvalue weighted by Gasteiger charge is 2.29. The Morgan fingerprint density at radius 1 is 1.19 bits per heavy atom. The second kappa shape index (κ2) is 10.4. The summed E-state index contributed by atoms with van der Waals surface area (Å²) in [5, 5.41) is 5.10. The third-order valence-corrected chi connectivity index (χ3v) is 5.26. The molecule has 0 fully saturated rings. The number of nitrogens with zero attached hydrogens (tertiary/aromatic N) is 2. The molecule has 0 saturated heterocycles. The van der Waals surface area contributed by atoms with Gasteiger partial charge in [-0.3, -0.25) is 4.79 Å². The van der Waals surface area contributed by atoms with Gasteiger partial charge in [0, 0.05) is 28.1 Å². The van der Waals surface area contributed by atoms with Gasteiger partial charge in [0.05, 0.1) is 29.4 Å². The van der Waals surface area contributed by atoms with Gasteiger partial charge in [0.15, 0.2) is 6.10 Å². The number of ether oxygens (including phenoxy) is 2. The molecule has 2 atom stereocenters. The molecule has 2 aromatic carbocycles. The molecule has 3 aromatic rings. The van der Waals surface area contributed by atoms with Gasteiger partial charge >= 0.3 is 6.18 Å². The zero-order chi connectivity index (χ0) is 26.7. The maximum Gasteiger partial charge on any atom is 0.405 e. The number of hydrogen-bond donors (Lipinski definition) is 3. The minimum Gasteiger partial charge on any atom is -0.496 e. The summed E-state index contributed by atoms with van der Waals surface area (Å²) in [5.74, 6) is 2.21. The normalized spacial score (nSPS) is 14.0. The van der Waals surface area contributed by atoms with Gasteiger partial charge in [-0.2, -0.15) is 13.2 Å². The molecule has 194 valence electrons. The first-order valence-corrected chi connectivity index (χ1v) is 12.4. The molecule has 14 heteroatoms. The van der Waals surface area contributed by atoms with Crippen LogP contribution in [0, 0.1) is 5.82 Å². The highest BCUT2D eigenvalue weighted by atomic mass is 32.2. The van der Waals surface area contributed by atoms with Gasteiger partial charge in [0.2, 0.25) is 0 Å². The van der Waals surface area contributed by atoms with Crippen molar-refractivity contribution in [3.63, 3.8) is 0 Å². The molecule has 0 aliphatic carbocycles. The zero-order valence-electron chi connectivity index (χ0n) is 19.4. The van der Waals surface area contributed by atoms with Gasteiger partial charge in [0.1, 0.15) is 36.0 Å². The second-order valence-electron chi connectivity index (χ2n) is 7.76. The number of alkyl halides is 3. The highest BCUT2D eigenvalue weighted by Crippen LogP contribution is 2.37. The number of hydrogen-bond acceptors (Lipinski definition) is 7. The van der Waals surface area contributed by atoms with E-state index in [1.165, 1.54) is 32.7 Å². The van der Waals surface area contributed by atoms with Gasteiger partial charge in [0.25, 0.3) is 5.91 Å². The standard InChI is InChI=1S/C22H23F4N5O4S/c1-12(21(32)27-10-22(24,25)26)35-17-7-13(23)5-6-15(17)30-20-19-16(28-11-29-20)8-14(9-18(19)34-2)31-36(3,4)33/h5-9,11-12H,3,10H2,1-2,4H3,(H,27,32)(H,31,33)(H,28,29,30). The highest BCUT2D eigenvalue weighted by molar-refractivity contribution is 8.00. The smallest absolute Gasteiger partial charge is 0.405 e. The number of aromatic nitrogens is 2. The SMILES string of the molecule is C=S(C)(=O)Nc1cc(OC)c2c(Nc3ccc(F)cc3OC(C)C(=O)NCC(F)(F)F)ncnc2c1. The summed E-state index contributed by atoms with van der Waals surface area (Å²) >= 11 is 0. The Kier molecular flexibility index (Phi) is 7.77. The van der Waals surface area contributed by atoms with Crippen molar-refractivity contribution in [2.75, 3.05) is 29.9 Å². The molecule has 3 rings (SSSR count). The van der Waals surface area contributed by atoms with Crippen LogP contribution >= 0.6 is 0 Å². The molecule has 9 nitrogen and oxygen atoms in total. The van der Waals surface area contributed by atoms with Crippen LogP contribution in [-0.2, 0) is 14.5 Å². The molecule has 1 heterocycles. The first-order chi connectivity index (χ1) is 16.8. The van der Waals surface area contributed by atoms with Gasteiger partial charge in [-0.25, -0.2) is 18.6 Å². The third kappa shape index (κ3) is 7.10. The molecule has 0 aliphatic rings. The van der Waals surface area contributed by atoms with Crippen LogP contribution in [0.2, 0.25) is 0 Å². The molecule has 0 radical (unpaired) electrons. The Hall–Kier alpha value is -3.81. The number of methoxy groups -OCH3 is 1. The Labute approximate surface area is 204 Å². The summed E-state index contributed by atoms with van der Waals surface area (Å²) in [6.45, 7) is -0.301. The van der Waals surface area contributed by atoms with Crippen LogP contribution in [0.4, 0.5) is 34.8 Å². The molecular formula is C22H23F4N5O4S. The zero-order valence-corrected chi connectivity index (χ0v) is 20.2. The lowest BCUT2D eigenvalue weighted by molar-refractivity contribution is -0.142. The average Bonchev–Trinajstić information content (AvgIpc) is 2.77. The fourth-order valence-corrected chi connectivity index (χ4v) is 3.73. The van der Waals surface area contributed by atoms with E-state index >= 15 is 0 Å². The Bertz CT molecular complexity index is 1380. The molecule has 0 bridgehead atoms. The number of benzene rings is 2. The third-order valence-electron chi connectivity index (χ3n) is 4.59. The number of fused-ring (bicyclic) bond motifs is 1. The lowest BCUT2D eigenvalue weighted by Crippen LogP contribution is -2.41. The maximum absolute atomic E-state index is 14.0. The maximum atomic E-state index is 14.0. The summed E-state index contributed by atoms with van der Waals surface area (Å²) in [6.07, 6.45) is -3.29. The van der Waals surface area contributed by atoms with Crippen molar-refractivity contribution in [3.8, 4) is 11.5 Å². The van der Waals surface area contributed by atoms with Crippen LogP contribution in [0.15, 0.2) is 36.7 Å². The van der Waals surface area contributed by atoms with E-state index in [0.29, 0.717) is 22.3 Å². The average molecular weight is 530 g/mol. The fourth-order valence-electron chi connectivity index (χ4n) is 3.12. The van der Waals surface area contributed by atoms with Crippen molar-refractivity contribution in [2.45, 2.75) is 19.2 Å². The molecule has 0 aliphatic heterocycles. The first-order valence-electron chi connectivity index (χ1n) is 10.3. The monoisotopic (exact) mass is 529 g/mol. The van der Waals surface area contributed by atoms with Gasteiger partial charge in [-0.05, 0) is 31.0 Å². The molecule has 0 saturated carbocycles. The van der Waals surface area contributed by atoms with Crippen LogP contribution < -0.4 is 24.8 Å². The van der Waals surface area contributed by atoms with Gasteiger partial charge in [-0.15, -0.1) is 0 Å². The summed E-state index contributed by atoms with van der Waals surface area (Å²) in [7, 11) is -1.17. The minimum atomic E-state index is -4.59. The molecule has 36 heavy (non-hydrogen) atoms. The van der Waals surface area contributed by atoms with Gasteiger partial charge in [-0.1, -0.05) is 0 Å². The summed E-state index contributed by atoms with van der Waals surface area (Å²) in [6, 6.07) is 6.59. The largest absolute Gasteiger partial charge is 0.496 e. The summed E-state index contributed by atoms with van der Waals surface area (Å²) in [5.41, 5.74) is 1.02. The van der Waals surface area contributed by atoms with Crippen molar-refractivity contribution in [3.05, 3.63) is 42.5 Å². The van der Waals surface area contributed by atoms with Crippen molar-refractivity contribution >= 4 is 49.6 Å². The molecule has 0 spiro atoms. The molecule has 3 N–H and O–H groups in total. The van der Waals surface area contributed by atoms with E-state index in [1.807, 2.05) is 0 Å². The van der Waals surface area contributed by atoms with Crippen molar-refractivity contribution < 1.29 is 36.0 Å². The Morgan fingerprint density at radius 2 is 1.92 bits per heavy atom. The lowest BCUT2D eigenvalue weighted by atomic mass is 10.2.